The molecule has 0 heterocycles. The van der Waals surface area contributed by atoms with Crippen molar-refractivity contribution in [1.29, 1.82) is 0 Å². The number of hydrogen-bond acceptors (Lipinski definition) is 2. The van der Waals surface area contributed by atoms with Crippen LogP contribution in [0.4, 0.5) is 0 Å². The van der Waals surface area contributed by atoms with E-state index in [1.165, 1.54) is 32.1 Å². The van der Waals surface area contributed by atoms with Crippen molar-refractivity contribution in [2.45, 2.75) is 117 Å². The lowest BCUT2D eigenvalue weighted by Crippen LogP contribution is -2.52. The van der Waals surface area contributed by atoms with Crippen LogP contribution in [-0.4, -0.2) is 21.4 Å². The molecular weight excluding hydrogens is 380 g/mol. The minimum atomic E-state index is -0.666. The molecule has 0 saturated heterocycles. The summed E-state index contributed by atoms with van der Waals surface area (Å²) in [5.41, 5.74) is 1.20. The van der Waals surface area contributed by atoms with Gasteiger partial charge in [0, 0.05) is 0 Å². The highest BCUT2D eigenvalue weighted by molar-refractivity contribution is 5.26. The SMILES string of the molecule is CC=CC(C)(O)CCC(C)C1CCC2C3CC=C4CC(C)(O)CCC4(C)C3CCC12C. The van der Waals surface area contributed by atoms with Crippen LogP contribution in [0.1, 0.15) is 106 Å². The van der Waals surface area contributed by atoms with Crippen LogP contribution >= 0.6 is 0 Å². The van der Waals surface area contributed by atoms with Crippen molar-refractivity contribution in [2.75, 3.05) is 0 Å². The maximum atomic E-state index is 10.7. The fourth-order valence-electron chi connectivity index (χ4n) is 8.94. The number of hydrogen-bond donors (Lipinski definition) is 2. The van der Waals surface area contributed by atoms with E-state index in [1.807, 2.05) is 32.9 Å². The highest BCUT2D eigenvalue weighted by Crippen LogP contribution is 2.67. The molecule has 9 atom stereocenters. The van der Waals surface area contributed by atoms with Crippen LogP contribution in [0, 0.1) is 40.4 Å². The first-order valence-electron chi connectivity index (χ1n) is 13.2. The summed E-state index contributed by atoms with van der Waals surface area (Å²) in [6, 6.07) is 0. The first-order valence-corrected chi connectivity index (χ1v) is 13.2. The molecule has 0 spiro atoms. The van der Waals surface area contributed by atoms with Crippen LogP contribution in [0.15, 0.2) is 23.8 Å². The van der Waals surface area contributed by atoms with Crippen LogP contribution in [0.5, 0.6) is 0 Å². The Morgan fingerprint density at radius 2 is 1.87 bits per heavy atom. The van der Waals surface area contributed by atoms with Gasteiger partial charge in [-0.25, -0.2) is 0 Å². The first kappa shape index (κ1) is 23.6. The second kappa shape index (κ2) is 8.01. The quantitative estimate of drug-likeness (QED) is 0.460. The van der Waals surface area contributed by atoms with Gasteiger partial charge in [0.1, 0.15) is 0 Å². The minimum Gasteiger partial charge on any atom is -0.390 e. The Morgan fingerprint density at radius 1 is 1.13 bits per heavy atom. The third-order valence-corrected chi connectivity index (χ3v) is 10.8. The van der Waals surface area contributed by atoms with E-state index in [0.29, 0.717) is 16.7 Å². The number of fused-ring (bicyclic) bond motifs is 5. The Hall–Kier alpha value is -0.600. The van der Waals surface area contributed by atoms with Gasteiger partial charge in [-0.2, -0.15) is 0 Å². The van der Waals surface area contributed by atoms with E-state index in [4.69, 9.17) is 0 Å². The zero-order valence-electron chi connectivity index (χ0n) is 21.1. The molecule has 3 fully saturated rings. The van der Waals surface area contributed by atoms with Gasteiger partial charge in [0.15, 0.2) is 0 Å². The predicted molar refractivity (Wildman–Crippen MR) is 130 cm³/mol. The minimum absolute atomic E-state index is 0.321. The summed E-state index contributed by atoms with van der Waals surface area (Å²) >= 11 is 0. The summed E-state index contributed by atoms with van der Waals surface area (Å²) in [6.07, 6.45) is 18.2. The zero-order chi connectivity index (χ0) is 22.7. The van der Waals surface area contributed by atoms with Crippen LogP contribution < -0.4 is 0 Å². The Morgan fingerprint density at radius 3 is 2.58 bits per heavy atom. The molecule has 4 aliphatic rings. The summed E-state index contributed by atoms with van der Waals surface area (Å²) in [5.74, 6) is 3.97. The molecule has 4 aliphatic carbocycles. The van der Waals surface area contributed by atoms with Crippen molar-refractivity contribution < 1.29 is 10.2 Å². The number of rotatable bonds is 5. The number of aliphatic hydroxyl groups is 2. The molecule has 176 valence electrons. The van der Waals surface area contributed by atoms with Gasteiger partial charge in [0.25, 0.3) is 0 Å². The van der Waals surface area contributed by atoms with Crippen molar-refractivity contribution in [3.05, 3.63) is 23.8 Å². The molecular formula is C29H48O2. The topological polar surface area (TPSA) is 40.5 Å². The first-order chi connectivity index (χ1) is 14.4. The molecule has 2 heteroatoms. The average molecular weight is 429 g/mol. The summed E-state index contributed by atoms with van der Waals surface area (Å²) in [4.78, 5) is 0. The third-order valence-electron chi connectivity index (χ3n) is 10.8. The van der Waals surface area contributed by atoms with Gasteiger partial charge in [0.05, 0.1) is 11.2 Å². The predicted octanol–water partition coefficient (Wildman–Crippen LogP) is 7.06. The second-order valence-electron chi connectivity index (χ2n) is 13.0. The van der Waals surface area contributed by atoms with Crippen molar-refractivity contribution in [3.8, 4) is 0 Å². The molecule has 2 N–H and O–H groups in total. The van der Waals surface area contributed by atoms with Crippen molar-refractivity contribution in [3.63, 3.8) is 0 Å². The standard InChI is InChI=1S/C29H48O2/c1-7-14-26(3,30)15-12-20(2)23-10-11-24-22-9-8-21-19-27(4,31)17-18-28(21,5)25(22)13-16-29(23,24)6/h7-8,14,20,22-25,30-31H,9-13,15-19H2,1-6H3. The summed E-state index contributed by atoms with van der Waals surface area (Å²) < 4.78 is 0. The molecule has 9 unspecified atom stereocenters. The van der Waals surface area contributed by atoms with E-state index < -0.39 is 11.2 Å². The summed E-state index contributed by atoms with van der Waals surface area (Å²) in [7, 11) is 0. The van der Waals surface area contributed by atoms with E-state index in [9.17, 15) is 10.2 Å². The Bertz CT molecular complexity index is 731. The van der Waals surface area contributed by atoms with E-state index in [-0.39, 0.29) is 0 Å². The second-order valence-corrected chi connectivity index (χ2v) is 13.0. The van der Waals surface area contributed by atoms with E-state index in [0.717, 1.165) is 55.8 Å². The van der Waals surface area contributed by atoms with Crippen LogP contribution in [0.25, 0.3) is 0 Å². The molecule has 31 heavy (non-hydrogen) atoms. The van der Waals surface area contributed by atoms with Crippen molar-refractivity contribution in [2.24, 2.45) is 40.4 Å². The largest absolute Gasteiger partial charge is 0.390 e. The van der Waals surface area contributed by atoms with Gasteiger partial charge in [-0.3, -0.25) is 0 Å². The zero-order valence-corrected chi connectivity index (χ0v) is 21.1. The molecule has 4 rings (SSSR count). The van der Waals surface area contributed by atoms with Gasteiger partial charge in [0.2, 0.25) is 0 Å². The van der Waals surface area contributed by atoms with Crippen molar-refractivity contribution >= 4 is 0 Å². The fraction of sp³-hybridized carbons (Fsp3) is 0.862. The molecule has 0 aromatic rings. The van der Waals surface area contributed by atoms with Crippen molar-refractivity contribution in [1.82, 2.24) is 0 Å². The molecule has 3 saturated carbocycles. The molecule has 0 radical (unpaired) electrons. The van der Waals surface area contributed by atoms with E-state index in [2.05, 4.69) is 26.8 Å². The lowest BCUT2D eigenvalue weighted by Gasteiger charge is -2.59. The molecule has 0 aliphatic heterocycles. The molecule has 0 bridgehead atoms. The van der Waals surface area contributed by atoms with Gasteiger partial charge in [-0.1, -0.05) is 44.6 Å². The average Bonchev–Trinajstić information content (AvgIpc) is 3.04. The third kappa shape index (κ3) is 4.10. The van der Waals surface area contributed by atoms with Crippen LogP contribution in [0.3, 0.4) is 0 Å². The molecule has 2 nitrogen and oxygen atoms in total. The van der Waals surface area contributed by atoms with Gasteiger partial charge >= 0.3 is 0 Å². The van der Waals surface area contributed by atoms with E-state index in [1.54, 1.807) is 5.57 Å². The Kier molecular flexibility index (Phi) is 6.09. The summed E-state index contributed by atoms with van der Waals surface area (Å²) in [6.45, 7) is 13.6. The van der Waals surface area contributed by atoms with Crippen LogP contribution in [-0.2, 0) is 0 Å². The molecule has 0 amide bonds. The molecule has 0 aromatic carbocycles. The normalized spacial score (nSPS) is 47.8. The highest BCUT2D eigenvalue weighted by atomic mass is 16.3. The summed E-state index contributed by atoms with van der Waals surface area (Å²) in [5, 5.41) is 21.3. The lowest BCUT2D eigenvalue weighted by atomic mass is 9.46. The smallest absolute Gasteiger partial charge is 0.0799 e. The van der Waals surface area contributed by atoms with Crippen LogP contribution in [0.2, 0.25) is 0 Å². The number of allylic oxidation sites excluding steroid dienone is 2. The van der Waals surface area contributed by atoms with Gasteiger partial charge < -0.3 is 10.2 Å². The molecule has 0 aromatic heterocycles. The van der Waals surface area contributed by atoms with Gasteiger partial charge in [-0.05, 0) is 125 Å². The monoisotopic (exact) mass is 428 g/mol. The lowest BCUT2D eigenvalue weighted by molar-refractivity contribution is -0.0711. The van der Waals surface area contributed by atoms with Gasteiger partial charge in [-0.15, -0.1) is 0 Å². The van der Waals surface area contributed by atoms with E-state index >= 15 is 0 Å². The maximum absolute atomic E-state index is 10.7. The fourth-order valence-corrected chi connectivity index (χ4v) is 8.94. The Balaban J connectivity index is 1.49. The highest BCUT2D eigenvalue weighted by Gasteiger charge is 2.59. The maximum Gasteiger partial charge on any atom is 0.0799 e. The Labute approximate surface area is 191 Å².